The van der Waals surface area contributed by atoms with Crippen LogP contribution in [0.3, 0.4) is 0 Å². The number of benzene rings is 1. The van der Waals surface area contributed by atoms with Crippen molar-refractivity contribution in [2.24, 2.45) is 5.92 Å². The van der Waals surface area contributed by atoms with Crippen molar-refractivity contribution >= 4 is 18.3 Å². The van der Waals surface area contributed by atoms with E-state index in [9.17, 15) is 4.79 Å². The number of nitrogens with one attached hydrogen (secondary N) is 1. The van der Waals surface area contributed by atoms with Gasteiger partial charge in [-0.1, -0.05) is 18.2 Å². The summed E-state index contributed by atoms with van der Waals surface area (Å²) < 4.78 is 11.1. The fraction of sp³-hybridized carbons (Fsp3) is 0.632. The molecule has 2 aliphatic rings. The lowest BCUT2D eigenvalue weighted by atomic mass is 9.89. The monoisotopic (exact) mass is 368 g/mol. The molecule has 2 atom stereocenters. The SMILES string of the molecule is COc1ccccc1CC1CCN(C(=O)[C@H]2NCCO[C@@H]2C)CC1.Cl. The highest BCUT2D eigenvalue weighted by molar-refractivity contribution is 5.85. The minimum atomic E-state index is -0.190. The van der Waals surface area contributed by atoms with E-state index in [1.54, 1.807) is 7.11 Å². The van der Waals surface area contributed by atoms with Crippen molar-refractivity contribution in [1.29, 1.82) is 0 Å². The summed E-state index contributed by atoms with van der Waals surface area (Å²) >= 11 is 0. The Morgan fingerprint density at radius 3 is 2.72 bits per heavy atom. The van der Waals surface area contributed by atoms with E-state index < -0.39 is 0 Å². The Morgan fingerprint density at radius 2 is 2.04 bits per heavy atom. The van der Waals surface area contributed by atoms with E-state index >= 15 is 0 Å². The van der Waals surface area contributed by atoms with Crippen LogP contribution in [0.1, 0.15) is 25.3 Å². The summed E-state index contributed by atoms with van der Waals surface area (Å²) in [6.07, 6.45) is 3.07. The Labute approximate surface area is 156 Å². The number of amides is 1. The lowest BCUT2D eigenvalue weighted by molar-refractivity contribution is -0.140. The first-order valence-electron chi connectivity index (χ1n) is 8.94. The quantitative estimate of drug-likeness (QED) is 0.885. The van der Waals surface area contributed by atoms with Crippen LogP contribution in [0.5, 0.6) is 5.75 Å². The van der Waals surface area contributed by atoms with Crippen molar-refractivity contribution in [1.82, 2.24) is 10.2 Å². The van der Waals surface area contributed by atoms with E-state index in [2.05, 4.69) is 17.4 Å². The van der Waals surface area contributed by atoms with Crippen LogP contribution in [0.4, 0.5) is 0 Å². The second kappa shape index (κ2) is 9.41. The number of para-hydroxylation sites is 1. The lowest BCUT2D eigenvalue weighted by Gasteiger charge is -2.37. The van der Waals surface area contributed by atoms with Gasteiger partial charge in [0.2, 0.25) is 5.91 Å². The number of likely N-dealkylation sites (tertiary alicyclic amines) is 1. The van der Waals surface area contributed by atoms with Crippen LogP contribution >= 0.6 is 12.4 Å². The van der Waals surface area contributed by atoms with Crippen LogP contribution in [0.2, 0.25) is 0 Å². The summed E-state index contributed by atoms with van der Waals surface area (Å²) in [6, 6.07) is 8.03. The first-order valence-corrected chi connectivity index (χ1v) is 8.94. The van der Waals surface area contributed by atoms with Crippen LogP contribution in [0, 0.1) is 5.92 Å². The zero-order valence-electron chi connectivity index (χ0n) is 15.1. The topological polar surface area (TPSA) is 50.8 Å². The maximum absolute atomic E-state index is 12.7. The van der Waals surface area contributed by atoms with Gasteiger partial charge in [0.05, 0.1) is 19.8 Å². The second-order valence-corrected chi connectivity index (χ2v) is 6.79. The molecule has 0 aliphatic carbocycles. The van der Waals surface area contributed by atoms with Crippen molar-refractivity contribution in [3.63, 3.8) is 0 Å². The molecule has 5 nitrogen and oxygen atoms in total. The average Bonchev–Trinajstić information content (AvgIpc) is 2.63. The molecule has 1 aromatic rings. The molecule has 2 heterocycles. The third-order valence-electron chi connectivity index (χ3n) is 5.21. The maximum atomic E-state index is 12.7. The number of hydrogen-bond donors (Lipinski definition) is 1. The zero-order chi connectivity index (χ0) is 16.9. The smallest absolute Gasteiger partial charge is 0.242 e. The van der Waals surface area contributed by atoms with Gasteiger partial charge in [-0.2, -0.15) is 0 Å². The molecular weight excluding hydrogens is 340 g/mol. The van der Waals surface area contributed by atoms with E-state index in [0.717, 1.165) is 44.6 Å². The first kappa shape index (κ1) is 20.0. The van der Waals surface area contributed by atoms with Gasteiger partial charge in [0.15, 0.2) is 0 Å². The normalized spacial score (nSPS) is 24.5. The largest absolute Gasteiger partial charge is 0.496 e. The number of rotatable bonds is 4. The average molecular weight is 369 g/mol. The highest BCUT2D eigenvalue weighted by Crippen LogP contribution is 2.27. The number of hydrogen-bond acceptors (Lipinski definition) is 4. The molecule has 2 aliphatic heterocycles. The van der Waals surface area contributed by atoms with E-state index in [4.69, 9.17) is 9.47 Å². The highest BCUT2D eigenvalue weighted by atomic mass is 35.5. The Bertz CT molecular complexity index is 561. The van der Waals surface area contributed by atoms with Crippen molar-refractivity contribution in [2.45, 2.75) is 38.3 Å². The third-order valence-corrected chi connectivity index (χ3v) is 5.21. The van der Waals surface area contributed by atoms with Gasteiger partial charge in [-0.3, -0.25) is 4.79 Å². The molecule has 0 saturated carbocycles. The molecule has 0 unspecified atom stereocenters. The van der Waals surface area contributed by atoms with Gasteiger partial charge in [-0.15, -0.1) is 12.4 Å². The predicted octanol–water partition coefficient (Wildman–Crippen LogP) is 2.27. The molecule has 6 heteroatoms. The number of carbonyl (C=O) groups excluding carboxylic acids is 1. The zero-order valence-corrected chi connectivity index (χ0v) is 15.9. The first-order chi connectivity index (χ1) is 11.7. The number of morpholine rings is 1. The van der Waals surface area contributed by atoms with E-state index in [0.29, 0.717) is 12.5 Å². The summed E-state index contributed by atoms with van der Waals surface area (Å²) in [7, 11) is 1.72. The minimum absolute atomic E-state index is 0. The summed E-state index contributed by atoms with van der Waals surface area (Å²) in [5.41, 5.74) is 1.26. The van der Waals surface area contributed by atoms with Gasteiger partial charge >= 0.3 is 0 Å². The Hall–Kier alpha value is -1.30. The van der Waals surface area contributed by atoms with Crippen molar-refractivity contribution in [2.75, 3.05) is 33.4 Å². The molecule has 2 saturated heterocycles. The maximum Gasteiger partial charge on any atom is 0.242 e. The van der Waals surface area contributed by atoms with Gasteiger partial charge in [-0.05, 0) is 43.7 Å². The lowest BCUT2D eigenvalue weighted by Crippen LogP contribution is -2.57. The summed E-state index contributed by atoms with van der Waals surface area (Å²) in [6.45, 7) is 5.09. The number of nitrogens with zero attached hydrogens (tertiary/aromatic N) is 1. The Balaban J connectivity index is 0.00000225. The van der Waals surface area contributed by atoms with Crippen LogP contribution in [-0.2, 0) is 16.0 Å². The van der Waals surface area contributed by atoms with Crippen LogP contribution < -0.4 is 10.1 Å². The molecule has 1 amide bonds. The molecule has 1 N–H and O–H groups in total. The van der Waals surface area contributed by atoms with Gasteiger partial charge < -0.3 is 19.7 Å². The number of ether oxygens (including phenoxy) is 2. The van der Waals surface area contributed by atoms with Gasteiger partial charge in [0.25, 0.3) is 0 Å². The number of piperidine rings is 1. The second-order valence-electron chi connectivity index (χ2n) is 6.79. The number of halogens is 1. The van der Waals surface area contributed by atoms with Gasteiger partial charge in [0, 0.05) is 19.6 Å². The van der Waals surface area contributed by atoms with E-state index in [-0.39, 0.29) is 30.5 Å². The van der Waals surface area contributed by atoms with Crippen LogP contribution in [-0.4, -0.2) is 56.3 Å². The minimum Gasteiger partial charge on any atom is -0.496 e. The van der Waals surface area contributed by atoms with E-state index in [1.807, 2.05) is 24.0 Å². The van der Waals surface area contributed by atoms with Crippen molar-refractivity contribution in [3.05, 3.63) is 29.8 Å². The number of carbonyl (C=O) groups is 1. The van der Waals surface area contributed by atoms with Gasteiger partial charge in [0.1, 0.15) is 11.8 Å². The third kappa shape index (κ3) is 4.87. The molecule has 0 bridgehead atoms. The fourth-order valence-corrected chi connectivity index (χ4v) is 3.75. The summed E-state index contributed by atoms with van der Waals surface area (Å²) in [5.74, 6) is 1.77. The van der Waals surface area contributed by atoms with Gasteiger partial charge in [-0.25, -0.2) is 0 Å². The summed E-state index contributed by atoms with van der Waals surface area (Å²) in [4.78, 5) is 14.7. The molecule has 0 aromatic heterocycles. The Kier molecular flexibility index (Phi) is 7.54. The highest BCUT2D eigenvalue weighted by Gasteiger charge is 2.33. The predicted molar refractivity (Wildman–Crippen MR) is 100 cm³/mol. The molecule has 0 radical (unpaired) electrons. The molecule has 0 spiro atoms. The van der Waals surface area contributed by atoms with Crippen molar-refractivity contribution < 1.29 is 14.3 Å². The molecule has 25 heavy (non-hydrogen) atoms. The molecule has 2 fully saturated rings. The van der Waals surface area contributed by atoms with E-state index in [1.165, 1.54) is 5.56 Å². The molecular formula is C19H29ClN2O3. The molecule has 3 rings (SSSR count). The standard InChI is InChI=1S/C19H28N2O3.ClH/c1-14-18(20-9-12-24-14)19(22)21-10-7-15(8-11-21)13-16-5-3-4-6-17(16)23-2;/h3-6,14-15,18,20H,7-13H2,1-2H3;1H/t14-,18+;/m1./s1. The van der Waals surface area contributed by atoms with Crippen molar-refractivity contribution in [3.8, 4) is 5.75 Å². The number of methoxy groups -OCH3 is 1. The Morgan fingerprint density at radius 1 is 1.32 bits per heavy atom. The van der Waals surface area contributed by atoms with Crippen LogP contribution in [0.25, 0.3) is 0 Å². The summed E-state index contributed by atoms with van der Waals surface area (Å²) in [5, 5.41) is 3.30. The molecule has 1 aromatic carbocycles. The fourth-order valence-electron chi connectivity index (χ4n) is 3.75. The van der Waals surface area contributed by atoms with Crippen LogP contribution in [0.15, 0.2) is 24.3 Å². The molecule has 140 valence electrons.